The van der Waals surface area contributed by atoms with Gasteiger partial charge in [-0.05, 0) is 32.0 Å². The maximum absolute atomic E-state index is 12.4. The molecule has 1 amide bonds. The minimum Gasteiger partial charge on any atom is -0.504 e. The molecule has 5 heteroatoms. The summed E-state index contributed by atoms with van der Waals surface area (Å²) in [6.07, 6.45) is 2.05. The Morgan fingerprint density at radius 3 is 3.00 bits per heavy atom. The first-order valence-electron chi connectivity index (χ1n) is 6.50. The minimum absolute atomic E-state index is 0.0819. The fourth-order valence-electron chi connectivity index (χ4n) is 2.43. The number of aromatic hydroxyl groups is 1. The lowest BCUT2D eigenvalue weighted by atomic mass is 10.0. The van der Waals surface area contributed by atoms with Gasteiger partial charge in [-0.3, -0.25) is 4.79 Å². The van der Waals surface area contributed by atoms with E-state index in [0.717, 1.165) is 19.4 Å². The smallest absolute Gasteiger partial charge is 0.257 e. The molecule has 0 spiro atoms. The number of phenolic OH excluding ortho intramolecular Hbond substituents is 1. The third-order valence-electron chi connectivity index (χ3n) is 3.57. The number of rotatable bonds is 3. The number of carbonyl (C=O) groups excluding carboxylic acids is 1. The second-order valence-electron chi connectivity index (χ2n) is 4.74. The fraction of sp³-hybridized carbons (Fsp3) is 0.500. The number of hydrogen-bond donors (Lipinski definition) is 2. The van der Waals surface area contributed by atoms with E-state index in [0.29, 0.717) is 23.9 Å². The SMILES string of the molecule is CNC1CCCN(C(=O)c2cccc(OC)c2O)C1. The number of nitrogens with one attached hydrogen (secondary N) is 1. The van der Waals surface area contributed by atoms with Gasteiger partial charge in [-0.1, -0.05) is 6.07 Å². The lowest BCUT2D eigenvalue weighted by Crippen LogP contribution is -2.46. The number of hydrogen-bond acceptors (Lipinski definition) is 4. The van der Waals surface area contributed by atoms with Crippen LogP contribution in [0, 0.1) is 0 Å². The highest BCUT2D eigenvalue weighted by atomic mass is 16.5. The first kappa shape index (κ1) is 13.7. The van der Waals surface area contributed by atoms with Crippen LogP contribution < -0.4 is 10.1 Å². The number of carbonyl (C=O) groups is 1. The van der Waals surface area contributed by atoms with Crippen molar-refractivity contribution in [1.82, 2.24) is 10.2 Å². The quantitative estimate of drug-likeness (QED) is 0.862. The zero-order chi connectivity index (χ0) is 13.8. The summed E-state index contributed by atoms with van der Waals surface area (Å²) < 4.78 is 5.03. The highest BCUT2D eigenvalue weighted by Crippen LogP contribution is 2.30. The second-order valence-corrected chi connectivity index (χ2v) is 4.74. The zero-order valence-electron chi connectivity index (χ0n) is 11.3. The van der Waals surface area contributed by atoms with Crippen molar-refractivity contribution in [3.05, 3.63) is 23.8 Å². The second kappa shape index (κ2) is 5.93. The van der Waals surface area contributed by atoms with Crippen LogP contribution in [0.5, 0.6) is 11.5 Å². The summed E-state index contributed by atoms with van der Waals surface area (Å²) >= 11 is 0. The molecule has 1 aliphatic rings. The highest BCUT2D eigenvalue weighted by molar-refractivity contribution is 5.97. The van der Waals surface area contributed by atoms with Crippen molar-refractivity contribution in [2.24, 2.45) is 0 Å². The molecular weight excluding hydrogens is 244 g/mol. The number of methoxy groups -OCH3 is 1. The summed E-state index contributed by atoms with van der Waals surface area (Å²) in [7, 11) is 3.38. The number of likely N-dealkylation sites (tertiary alicyclic amines) is 1. The van der Waals surface area contributed by atoms with Crippen LogP contribution in [0.15, 0.2) is 18.2 Å². The third kappa shape index (κ3) is 2.81. The molecule has 5 nitrogen and oxygen atoms in total. The summed E-state index contributed by atoms with van der Waals surface area (Å²) in [4.78, 5) is 14.2. The maximum Gasteiger partial charge on any atom is 0.257 e. The van der Waals surface area contributed by atoms with Crippen LogP contribution in [0.25, 0.3) is 0 Å². The number of amides is 1. The van der Waals surface area contributed by atoms with Crippen molar-refractivity contribution >= 4 is 5.91 Å². The molecule has 1 saturated heterocycles. The molecule has 1 atom stereocenters. The topological polar surface area (TPSA) is 61.8 Å². The van der Waals surface area contributed by atoms with Gasteiger partial charge in [0.15, 0.2) is 11.5 Å². The number of nitrogens with zero attached hydrogens (tertiary/aromatic N) is 1. The number of para-hydroxylation sites is 1. The molecule has 1 aromatic carbocycles. The van der Waals surface area contributed by atoms with Gasteiger partial charge in [0.2, 0.25) is 0 Å². The van der Waals surface area contributed by atoms with E-state index in [-0.39, 0.29) is 11.7 Å². The van der Waals surface area contributed by atoms with E-state index in [1.165, 1.54) is 7.11 Å². The molecule has 0 bridgehead atoms. The zero-order valence-corrected chi connectivity index (χ0v) is 11.3. The van der Waals surface area contributed by atoms with Gasteiger partial charge in [-0.2, -0.15) is 0 Å². The fourth-order valence-corrected chi connectivity index (χ4v) is 2.43. The van der Waals surface area contributed by atoms with Gasteiger partial charge in [0, 0.05) is 19.1 Å². The predicted octanol–water partition coefficient (Wildman–Crippen LogP) is 1.22. The Morgan fingerprint density at radius 1 is 1.53 bits per heavy atom. The molecule has 1 fully saturated rings. The van der Waals surface area contributed by atoms with E-state index in [4.69, 9.17) is 4.74 Å². The van der Waals surface area contributed by atoms with Crippen LogP contribution in [0.3, 0.4) is 0 Å². The standard InChI is InChI=1S/C14H20N2O3/c1-15-10-5-4-8-16(9-10)14(18)11-6-3-7-12(19-2)13(11)17/h3,6-7,10,15,17H,4-5,8-9H2,1-2H3. The van der Waals surface area contributed by atoms with Crippen molar-refractivity contribution in [1.29, 1.82) is 0 Å². The predicted molar refractivity (Wildman–Crippen MR) is 72.6 cm³/mol. The first-order chi connectivity index (χ1) is 9.17. The van der Waals surface area contributed by atoms with Gasteiger partial charge in [-0.15, -0.1) is 0 Å². The minimum atomic E-state index is -0.142. The van der Waals surface area contributed by atoms with E-state index in [1.807, 2.05) is 7.05 Å². The van der Waals surface area contributed by atoms with Crippen LogP contribution in [0.4, 0.5) is 0 Å². The average Bonchev–Trinajstić information content (AvgIpc) is 2.47. The summed E-state index contributed by atoms with van der Waals surface area (Å²) in [6.45, 7) is 1.40. The highest BCUT2D eigenvalue weighted by Gasteiger charge is 2.25. The largest absolute Gasteiger partial charge is 0.504 e. The summed E-state index contributed by atoms with van der Waals surface area (Å²) in [5.74, 6) is 0.103. The average molecular weight is 264 g/mol. The van der Waals surface area contributed by atoms with E-state index in [2.05, 4.69) is 5.32 Å². The van der Waals surface area contributed by atoms with E-state index in [9.17, 15) is 9.90 Å². The number of benzene rings is 1. The van der Waals surface area contributed by atoms with Crippen LogP contribution in [0.2, 0.25) is 0 Å². The van der Waals surface area contributed by atoms with E-state index < -0.39 is 0 Å². The molecule has 1 aliphatic heterocycles. The number of likely N-dealkylation sites (N-methyl/N-ethyl adjacent to an activating group) is 1. The van der Waals surface area contributed by atoms with Crippen molar-refractivity contribution in [2.45, 2.75) is 18.9 Å². The Hall–Kier alpha value is -1.75. The molecule has 0 aromatic heterocycles. The monoisotopic (exact) mass is 264 g/mol. The maximum atomic E-state index is 12.4. The first-order valence-corrected chi connectivity index (χ1v) is 6.50. The molecular formula is C14H20N2O3. The summed E-state index contributed by atoms with van der Waals surface area (Å²) in [5.41, 5.74) is 0.302. The van der Waals surface area contributed by atoms with Gasteiger partial charge in [-0.25, -0.2) is 0 Å². The van der Waals surface area contributed by atoms with Crippen LogP contribution in [-0.4, -0.2) is 49.2 Å². The Labute approximate surface area is 113 Å². The number of ether oxygens (including phenoxy) is 1. The van der Waals surface area contributed by atoms with Crippen molar-refractivity contribution in [3.63, 3.8) is 0 Å². The van der Waals surface area contributed by atoms with Gasteiger partial charge in [0.1, 0.15) is 0 Å². The van der Waals surface area contributed by atoms with Crippen molar-refractivity contribution < 1.29 is 14.6 Å². The molecule has 0 radical (unpaired) electrons. The molecule has 1 heterocycles. The number of piperidine rings is 1. The molecule has 19 heavy (non-hydrogen) atoms. The Kier molecular flexibility index (Phi) is 4.27. The molecule has 2 rings (SSSR count). The lowest BCUT2D eigenvalue weighted by molar-refractivity contribution is 0.0694. The van der Waals surface area contributed by atoms with Crippen LogP contribution in [-0.2, 0) is 0 Å². The van der Waals surface area contributed by atoms with Crippen LogP contribution >= 0.6 is 0 Å². The van der Waals surface area contributed by atoms with E-state index in [1.54, 1.807) is 23.1 Å². The van der Waals surface area contributed by atoms with Gasteiger partial charge in [0.25, 0.3) is 5.91 Å². The van der Waals surface area contributed by atoms with Gasteiger partial charge < -0.3 is 20.1 Å². The lowest BCUT2D eigenvalue weighted by Gasteiger charge is -2.32. The van der Waals surface area contributed by atoms with Crippen molar-refractivity contribution in [3.8, 4) is 11.5 Å². The van der Waals surface area contributed by atoms with Crippen molar-refractivity contribution in [2.75, 3.05) is 27.2 Å². The Balaban J connectivity index is 2.19. The molecule has 2 N–H and O–H groups in total. The molecule has 0 saturated carbocycles. The Bertz CT molecular complexity index is 462. The molecule has 104 valence electrons. The Morgan fingerprint density at radius 2 is 2.32 bits per heavy atom. The summed E-state index contributed by atoms with van der Waals surface area (Å²) in [5, 5.41) is 13.2. The third-order valence-corrected chi connectivity index (χ3v) is 3.57. The molecule has 1 aromatic rings. The van der Waals surface area contributed by atoms with E-state index >= 15 is 0 Å². The normalized spacial score (nSPS) is 19.3. The van der Waals surface area contributed by atoms with Crippen LogP contribution in [0.1, 0.15) is 23.2 Å². The molecule has 0 aliphatic carbocycles. The van der Waals surface area contributed by atoms with Gasteiger partial charge >= 0.3 is 0 Å². The van der Waals surface area contributed by atoms with Gasteiger partial charge in [0.05, 0.1) is 12.7 Å². The molecule has 1 unspecified atom stereocenters. The number of phenols is 1. The summed E-state index contributed by atoms with van der Waals surface area (Å²) in [6, 6.07) is 5.30.